The summed E-state index contributed by atoms with van der Waals surface area (Å²) >= 11 is 17.9. The Balaban J connectivity index is 1.76. The molecule has 3 N–H and O–H groups in total. The van der Waals surface area contributed by atoms with Gasteiger partial charge in [-0.3, -0.25) is 14.4 Å². The standard InChI is InChI=1S/C22H20Cl3F2N3O3/c1-2-3-4-17(31)30-19-15(26)7-8-16(18(19)27)29-20(32)12-9-11(5-6-14(12)23)28-21(33)13-10-22(13,24)25/h5-9,13H,2-4,10H2,1H3,(H,28,33)(H,29,32)(H,30,31). The third-order valence-electron chi connectivity index (χ3n) is 4.98. The number of anilines is 3. The molecule has 1 atom stereocenters. The number of hydrogen-bond donors (Lipinski definition) is 3. The fourth-order valence-electron chi connectivity index (χ4n) is 3.00. The highest BCUT2D eigenvalue weighted by atomic mass is 35.5. The Morgan fingerprint density at radius 1 is 1.09 bits per heavy atom. The van der Waals surface area contributed by atoms with Crippen molar-refractivity contribution in [2.24, 2.45) is 5.92 Å². The summed E-state index contributed by atoms with van der Waals surface area (Å²) in [5.41, 5.74) is -0.819. The summed E-state index contributed by atoms with van der Waals surface area (Å²) < 4.78 is 27.8. The van der Waals surface area contributed by atoms with Crippen molar-refractivity contribution in [2.75, 3.05) is 16.0 Å². The first-order chi connectivity index (χ1) is 15.5. The van der Waals surface area contributed by atoms with E-state index < -0.39 is 45.3 Å². The summed E-state index contributed by atoms with van der Waals surface area (Å²) in [5.74, 6) is -4.45. The number of carbonyl (C=O) groups excluding carboxylic acids is 3. The molecule has 1 unspecified atom stereocenters. The molecular formula is C22H20Cl3F2N3O3. The summed E-state index contributed by atoms with van der Waals surface area (Å²) in [7, 11) is 0. The number of alkyl halides is 2. The van der Waals surface area contributed by atoms with E-state index in [1.54, 1.807) is 0 Å². The SMILES string of the molecule is CCCCC(=O)Nc1c(F)ccc(NC(=O)c2cc(NC(=O)C3CC3(Cl)Cl)ccc2Cl)c1F. The fraction of sp³-hybridized carbons (Fsp3) is 0.318. The molecule has 3 amide bonds. The highest BCUT2D eigenvalue weighted by molar-refractivity contribution is 6.52. The van der Waals surface area contributed by atoms with Gasteiger partial charge in [-0.15, -0.1) is 23.2 Å². The molecule has 0 radical (unpaired) electrons. The van der Waals surface area contributed by atoms with Crippen LogP contribution in [0.25, 0.3) is 0 Å². The normalized spacial score (nSPS) is 16.1. The van der Waals surface area contributed by atoms with E-state index in [9.17, 15) is 23.2 Å². The maximum absolute atomic E-state index is 14.8. The minimum Gasteiger partial charge on any atom is -0.326 e. The Bertz CT molecular complexity index is 1110. The highest BCUT2D eigenvalue weighted by Crippen LogP contribution is 2.53. The van der Waals surface area contributed by atoms with Crippen molar-refractivity contribution < 1.29 is 23.2 Å². The van der Waals surface area contributed by atoms with Crippen LogP contribution in [0.2, 0.25) is 5.02 Å². The molecule has 1 aliphatic carbocycles. The predicted molar refractivity (Wildman–Crippen MR) is 125 cm³/mol. The number of amides is 3. The number of rotatable bonds is 8. The number of nitrogens with one attached hydrogen (secondary N) is 3. The Labute approximate surface area is 204 Å². The topological polar surface area (TPSA) is 87.3 Å². The van der Waals surface area contributed by atoms with Crippen LogP contribution in [-0.2, 0) is 9.59 Å². The van der Waals surface area contributed by atoms with Crippen LogP contribution in [0.4, 0.5) is 25.8 Å². The quantitative estimate of drug-likeness (QED) is 0.367. The van der Waals surface area contributed by atoms with Gasteiger partial charge in [0, 0.05) is 12.1 Å². The zero-order chi connectivity index (χ0) is 24.3. The summed E-state index contributed by atoms with van der Waals surface area (Å²) in [4.78, 5) is 36.8. The third-order valence-corrected chi connectivity index (χ3v) is 6.15. The Hall–Kier alpha value is -2.42. The molecule has 0 aromatic heterocycles. The molecule has 176 valence electrons. The van der Waals surface area contributed by atoms with Crippen molar-refractivity contribution in [3.8, 4) is 0 Å². The molecule has 2 aromatic rings. The van der Waals surface area contributed by atoms with Gasteiger partial charge in [0.2, 0.25) is 11.8 Å². The van der Waals surface area contributed by atoms with E-state index in [2.05, 4.69) is 16.0 Å². The average Bonchev–Trinajstić information content (AvgIpc) is 3.41. The van der Waals surface area contributed by atoms with E-state index in [0.29, 0.717) is 12.8 Å². The maximum Gasteiger partial charge on any atom is 0.257 e. The summed E-state index contributed by atoms with van der Waals surface area (Å²) in [5, 5.41) is 7.14. The second-order valence-electron chi connectivity index (χ2n) is 7.59. The summed E-state index contributed by atoms with van der Waals surface area (Å²) in [6, 6.07) is 6.11. The lowest BCUT2D eigenvalue weighted by molar-refractivity contribution is -0.117. The van der Waals surface area contributed by atoms with E-state index in [1.165, 1.54) is 18.2 Å². The highest BCUT2D eigenvalue weighted by Gasteiger charge is 2.56. The molecule has 1 fully saturated rings. The molecule has 0 heterocycles. The first-order valence-corrected chi connectivity index (χ1v) is 11.2. The molecule has 0 aliphatic heterocycles. The minimum absolute atomic E-state index is 0.0385. The molecule has 3 rings (SSSR count). The maximum atomic E-state index is 14.8. The van der Waals surface area contributed by atoms with Crippen molar-refractivity contribution in [1.29, 1.82) is 0 Å². The molecular weight excluding hydrogens is 499 g/mol. The fourth-order valence-corrected chi connectivity index (χ4v) is 3.71. The predicted octanol–water partition coefficient (Wildman–Crippen LogP) is 6.13. The smallest absolute Gasteiger partial charge is 0.257 e. The second-order valence-corrected chi connectivity index (χ2v) is 9.54. The molecule has 33 heavy (non-hydrogen) atoms. The van der Waals surface area contributed by atoms with Crippen molar-refractivity contribution in [2.45, 2.75) is 36.9 Å². The van der Waals surface area contributed by atoms with Crippen LogP contribution in [0.15, 0.2) is 30.3 Å². The van der Waals surface area contributed by atoms with Crippen LogP contribution >= 0.6 is 34.8 Å². The lowest BCUT2D eigenvalue weighted by Crippen LogP contribution is -2.19. The van der Waals surface area contributed by atoms with E-state index >= 15 is 0 Å². The average molecular weight is 519 g/mol. The van der Waals surface area contributed by atoms with Gasteiger partial charge in [0.1, 0.15) is 15.8 Å². The van der Waals surface area contributed by atoms with Gasteiger partial charge in [0.15, 0.2) is 5.82 Å². The third kappa shape index (κ3) is 6.13. The Kier molecular flexibility index (Phi) is 7.82. The van der Waals surface area contributed by atoms with E-state index in [-0.39, 0.29) is 28.4 Å². The van der Waals surface area contributed by atoms with Crippen LogP contribution in [0.3, 0.4) is 0 Å². The van der Waals surface area contributed by atoms with Crippen molar-refractivity contribution in [3.05, 3.63) is 52.6 Å². The molecule has 1 aliphatic rings. The lowest BCUT2D eigenvalue weighted by atomic mass is 10.1. The van der Waals surface area contributed by atoms with Gasteiger partial charge in [0.25, 0.3) is 5.91 Å². The number of hydrogen-bond acceptors (Lipinski definition) is 3. The molecule has 0 bridgehead atoms. The van der Waals surface area contributed by atoms with Crippen molar-refractivity contribution in [1.82, 2.24) is 0 Å². The lowest BCUT2D eigenvalue weighted by Gasteiger charge is -2.13. The Morgan fingerprint density at radius 3 is 2.42 bits per heavy atom. The molecule has 11 heteroatoms. The molecule has 1 saturated carbocycles. The first kappa shape index (κ1) is 25.2. The summed E-state index contributed by atoms with van der Waals surface area (Å²) in [6.45, 7) is 1.88. The molecule has 2 aromatic carbocycles. The first-order valence-electron chi connectivity index (χ1n) is 10.1. The van der Waals surface area contributed by atoms with Gasteiger partial charge in [-0.1, -0.05) is 24.9 Å². The molecule has 0 spiro atoms. The van der Waals surface area contributed by atoms with Gasteiger partial charge < -0.3 is 16.0 Å². The van der Waals surface area contributed by atoms with Crippen LogP contribution in [0.1, 0.15) is 43.0 Å². The second kappa shape index (κ2) is 10.2. The largest absolute Gasteiger partial charge is 0.326 e. The zero-order valence-corrected chi connectivity index (χ0v) is 19.7. The monoisotopic (exact) mass is 517 g/mol. The number of halogens is 5. The number of carbonyl (C=O) groups is 3. The molecule has 0 saturated heterocycles. The number of unbranched alkanes of at least 4 members (excludes halogenated alkanes) is 1. The van der Waals surface area contributed by atoms with Crippen LogP contribution < -0.4 is 16.0 Å². The van der Waals surface area contributed by atoms with Crippen molar-refractivity contribution >= 4 is 69.6 Å². The van der Waals surface area contributed by atoms with Crippen LogP contribution in [0.5, 0.6) is 0 Å². The van der Waals surface area contributed by atoms with Gasteiger partial charge in [-0.2, -0.15) is 0 Å². The van der Waals surface area contributed by atoms with Gasteiger partial charge in [-0.25, -0.2) is 8.78 Å². The zero-order valence-electron chi connectivity index (χ0n) is 17.4. The molecule has 6 nitrogen and oxygen atoms in total. The van der Waals surface area contributed by atoms with Gasteiger partial charge in [0.05, 0.1) is 22.2 Å². The van der Waals surface area contributed by atoms with Gasteiger partial charge >= 0.3 is 0 Å². The van der Waals surface area contributed by atoms with Crippen molar-refractivity contribution in [3.63, 3.8) is 0 Å². The van der Waals surface area contributed by atoms with E-state index in [1.807, 2.05) is 6.92 Å². The van der Waals surface area contributed by atoms with E-state index in [4.69, 9.17) is 34.8 Å². The number of benzene rings is 2. The Morgan fingerprint density at radius 2 is 1.79 bits per heavy atom. The summed E-state index contributed by atoms with van der Waals surface area (Å²) in [6.07, 6.45) is 1.72. The van der Waals surface area contributed by atoms with E-state index in [0.717, 1.165) is 18.6 Å². The van der Waals surface area contributed by atoms with Gasteiger partial charge in [-0.05, 0) is 43.2 Å². The minimum atomic E-state index is -1.14. The van der Waals surface area contributed by atoms with Crippen LogP contribution in [0, 0.1) is 17.6 Å². The van der Waals surface area contributed by atoms with Crippen LogP contribution in [-0.4, -0.2) is 22.1 Å².